The van der Waals surface area contributed by atoms with E-state index in [1.807, 2.05) is 31.2 Å². The van der Waals surface area contributed by atoms with Crippen molar-refractivity contribution in [1.29, 1.82) is 0 Å². The maximum atomic E-state index is 13.7. The number of nitrogens with two attached hydrogens (primary N) is 1. The van der Waals surface area contributed by atoms with Crippen molar-refractivity contribution in [3.8, 4) is 0 Å². The molecule has 2 aromatic carbocycles. The Kier molecular flexibility index (Phi) is 4.34. The van der Waals surface area contributed by atoms with Gasteiger partial charge in [-0.05, 0) is 48.2 Å². The zero-order chi connectivity index (χ0) is 14.0. The van der Waals surface area contributed by atoms with Crippen LogP contribution < -0.4 is 11.3 Å². The third kappa shape index (κ3) is 3.03. The Balaban J connectivity index is 2.43. The van der Waals surface area contributed by atoms with E-state index in [9.17, 15) is 4.39 Å². The fourth-order valence-corrected chi connectivity index (χ4v) is 2.36. The summed E-state index contributed by atoms with van der Waals surface area (Å²) in [4.78, 5) is 0. The highest BCUT2D eigenvalue weighted by atomic mass is 79.9. The largest absolute Gasteiger partial charge is 0.271 e. The predicted octanol–water partition coefficient (Wildman–Crippen LogP) is 3.76. The van der Waals surface area contributed by atoms with Crippen LogP contribution in [0, 0.1) is 19.7 Å². The maximum Gasteiger partial charge on any atom is 0.126 e. The molecule has 0 saturated heterocycles. The molecule has 3 N–H and O–H groups in total. The highest BCUT2D eigenvalue weighted by Gasteiger charge is 2.14. The van der Waals surface area contributed by atoms with Crippen molar-refractivity contribution in [2.24, 2.45) is 5.84 Å². The molecule has 0 fully saturated rings. The van der Waals surface area contributed by atoms with Gasteiger partial charge in [0.15, 0.2) is 0 Å². The summed E-state index contributed by atoms with van der Waals surface area (Å²) in [6.07, 6.45) is 0. The monoisotopic (exact) mass is 322 g/mol. The number of hydrazine groups is 1. The van der Waals surface area contributed by atoms with E-state index in [1.54, 1.807) is 13.0 Å². The van der Waals surface area contributed by atoms with Crippen molar-refractivity contribution in [2.75, 3.05) is 0 Å². The normalized spacial score (nSPS) is 12.5. The quantitative estimate of drug-likeness (QED) is 0.667. The highest BCUT2D eigenvalue weighted by Crippen LogP contribution is 2.27. The van der Waals surface area contributed by atoms with Gasteiger partial charge in [-0.2, -0.15) is 0 Å². The molecule has 2 rings (SSSR count). The minimum atomic E-state index is -0.230. The van der Waals surface area contributed by atoms with Crippen molar-refractivity contribution in [3.63, 3.8) is 0 Å². The summed E-state index contributed by atoms with van der Waals surface area (Å²) in [6, 6.07) is 10.9. The van der Waals surface area contributed by atoms with Gasteiger partial charge in [-0.15, -0.1) is 0 Å². The van der Waals surface area contributed by atoms with Crippen molar-refractivity contribution in [1.82, 2.24) is 5.43 Å². The van der Waals surface area contributed by atoms with E-state index in [0.29, 0.717) is 5.56 Å². The third-order valence-corrected chi connectivity index (χ3v) is 4.08. The molecule has 0 aliphatic carbocycles. The summed E-state index contributed by atoms with van der Waals surface area (Å²) < 4.78 is 14.7. The van der Waals surface area contributed by atoms with Crippen LogP contribution in [0.1, 0.15) is 28.3 Å². The van der Waals surface area contributed by atoms with Gasteiger partial charge in [-0.25, -0.2) is 9.82 Å². The van der Waals surface area contributed by atoms with E-state index < -0.39 is 0 Å². The predicted molar refractivity (Wildman–Crippen MR) is 79.2 cm³/mol. The van der Waals surface area contributed by atoms with Crippen molar-refractivity contribution in [3.05, 3.63) is 68.9 Å². The molecule has 19 heavy (non-hydrogen) atoms. The fraction of sp³-hybridized carbons (Fsp3) is 0.200. The molecule has 0 aliphatic rings. The number of aryl methyl sites for hydroxylation is 2. The molecule has 0 saturated carbocycles. The molecule has 0 heterocycles. The van der Waals surface area contributed by atoms with E-state index >= 15 is 0 Å². The van der Waals surface area contributed by atoms with E-state index in [1.165, 1.54) is 6.07 Å². The highest BCUT2D eigenvalue weighted by molar-refractivity contribution is 9.10. The molecule has 0 amide bonds. The first-order valence-electron chi connectivity index (χ1n) is 6.01. The minimum absolute atomic E-state index is 0.219. The van der Waals surface area contributed by atoms with Gasteiger partial charge in [0.25, 0.3) is 0 Å². The third-order valence-electron chi connectivity index (χ3n) is 3.23. The van der Waals surface area contributed by atoms with Gasteiger partial charge in [0.05, 0.1) is 6.04 Å². The van der Waals surface area contributed by atoms with Crippen LogP contribution >= 0.6 is 15.9 Å². The van der Waals surface area contributed by atoms with Gasteiger partial charge in [0, 0.05) is 4.47 Å². The van der Waals surface area contributed by atoms with Gasteiger partial charge < -0.3 is 0 Å². The molecule has 0 aromatic heterocycles. The van der Waals surface area contributed by atoms with Crippen molar-refractivity contribution in [2.45, 2.75) is 19.9 Å². The van der Waals surface area contributed by atoms with Crippen molar-refractivity contribution >= 4 is 15.9 Å². The average molecular weight is 323 g/mol. The standard InChI is InChI=1S/C15H16BrFN2/c1-9-3-5-11(7-13(9)16)15(19-18)12-6-4-10(2)14(17)8-12/h3-8,15,19H,18H2,1-2H3. The Hall–Kier alpha value is -1.23. The first kappa shape index (κ1) is 14.2. The SMILES string of the molecule is Cc1ccc(C(NN)c2ccc(C)c(Br)c2)cc1F. The first-order valence-corrected chi connectivity index (χ1v) is 6.80. The van der Waals surface area contributed by atoms with Crippen LogP contribution in [0.5, 0.6) is 0 Å². The summed E-state index contributed by atoms with van der Waals surface area (Å²) >= 11 is 3.50. The number of rotatable bonds is 3. The van der Waals surface area contributed by atoms with Crippen LogP contribution in [-0.4, -0.2) is 0 Å². The molecule has 0 spiro atoms. The molecule has 0 bridgehead atoms. The summed E-state index contributed by atoms with van der Waals surface area (Å²) in [7, 11) is 0. The Morgan fingerprint density at radius 1 is 1.05 bits per heavy atom. The Morgan fingerprint density at radius 3 is 2.16 bits per heavy atom. The number of halogens is 2. The van der Waals surface area contributed by atoms with Gasteiger partial charge in [-0.3, -0.25) is 5.84 Å². The topological polar surface area (TPSA) is 38.0 Å². The Morgan fingerprint density at radius 2 is 1.63 bits per heavy atom. The molecular weight excluding hydrogens is 307 g/mol. The molecule has 1 atom stereocenters. The van der Waals surface area contributed by atoms with Crippen LogP contribution in [-0.2, 0) is 0 Å². The summed E-state index contributed by atoms with van der Waals surface area (Å²) in [6.45, 7) is 3.76. The van der Waals surface area contributed by atoms with E-state index in [0.717, 1.165) is 21.2 Å². The van der Waals surface area contributed by atoms with Crippen LogP contribution in [0.15, 0.2) is 40.9 Å². The second-order valence-electron chi connectivity index (χ2n) is 4.62. The lowest BCUT2D eigenvalue weighted by Crippen LogP contribution is -2.29. The van der Waals surface area contributed by atoms with E-state index in [4.69, 9.17) is 5.84 Å². The van der Waals surface area contributed by atoms with Gasteiger partial charge in [-0.1, -0.05) is 40.2 Å². The second-order valence-corrected chi connectivity index (χ2v) is 5.47. The van der Waals surface area contributed by atoms with E-state index in [-0.39, 0.29) is 11.9 Å². The lowest BCUT2D eigenvalue weighted by atomic mass is 9.97. The average Bonchev–Trinajstić information content (AvgIpc) is 2.39. The fourth-order valence-electron chi connectivity index (χ4n) is 1.96. The van der Waals surface area contributed by atoms with Crippen LogP contribution in [0.25, 0.3) is 0 Å². The smallest absolute Gasteiger partial charge is 0.126 e. The summed E-state index contributed by atoms with van der Waals surface area (Å²) in [5.74, 6) is 5.41. The minimum Gasteiger partial charge on any atom is -0.271 e. The Bertz CT molecular complexity index is 547. The van der Waals surface area contributed by atoms with Gasteiger partial charge in [0.1, 0.15) is 5.82 Å². The first-order chi connectivity index (χ1) is 9.02. The van der Waals surface area contributed by atoms with Gasteiger partial charge in [0.2, 0.25) is 0 Å². The molecule has 0 aliphatic heterocycles. The number of hydrogen-bond acceptors (Lipinski definition) is 2. The van der Waals surface area contributed by atoms with E-state index in [2.05, 4.69) is 21.4 Å². The molecule has 100 valence electrons. The number of benzene rings is 2. The van der Waals surface area contributed by atoms with Crippen LogP contribution in [0.4, 0.5) is 4.39 Å². The lowest BCUT2D eigenvalue weighted by molar-refractivity contribution is 0.599. The van der Waals surface area contributed by atoms with Crippen LogP contribution in [0.3, 0.4) is 0 Å². The molecule has 4 heteroatoms. The molecule has 1 unspecified atom stereocenters. The molecule has 2 nitrogen and oxygen atoms in total. The summed E-state index contributed by atoms with van der Waals surface area (Å²) in [5.41, 5.74) is 6.31. The molecular formula is C15H16BrFN2. The van der Waals surface area contributed by atoms with Crippen LogP contribution in [0.2, 0.25) is 0 Å². The maximum absolute atomic E-state index is 13.7. The summed E-state index contributed by atoms with van der Waals surface area (Å²) in [5, 5.41) is 0. The lowest BCUT2D eigenvalue weighted by Gasteiger charge is -2.18. The van der Waals surface area contributed by atoms with Crippen molar-refractivity contribution < 1.29 is 4.39 Å². The number of nitrogens with one attached hydrogen (secondary N) is 1. The zero-order valence-corrected chi connectivity index (χ0v) is 12.5. The molecule has 2 aromatic rings. The number of hydrogen-bond donors (Lipinski definition) is 2. The molecule has 0 radical (unpaired) electrons. The second kappa shape index (κ2) is 5.82. The zero-order valence-electron chi connectivity index (χ0n) is 10.9. The van der Waals surface area contributed by atoms with Gasteiger partial charge >= 0.3 is 0 Å². The Labute approximate surface area is 120 Å².